The van der Waals surface area contributed by atoms with Crippen molar-refractivity contribution in [2.75, 3.05) is 17.2 Å². The maximum Gasteiger partial charge on any atom is 0.251 e. The van der Waals surface area contributed by atoms with Crippen LogP contribution >= 0.6 is 22.6 Å². The summed E-state index contributed by atoms with van der Waals surface area (Å²) in [4.78, 5) is 24.1. The standard InChI is InChI=1S/C20H18IN3O3/c21-15-5-9-16(10-6-15)22-13-19(25)24-17-7-3-14(4-8-17)20(26)23-12-18-2-1-11-27-18/h1-11,22H,12-13H2,(H,23,26)(H,24,25). The molecule has 0 fully saturated rings. The number of anilines is 2. The van der Waals surface area contributed by atoms with Gasteiger partial charge in [-0.15, -0.1) is 0 Å². The van der Waals surface area contributed by atoms with Gasteiger partial charge in [-0.25, -0.2) is 0 Å². The first-order chi connectivity index (χ1) is 13.1. The van der Waals surface area contributed by atoms with E-state index in [1.54, 1.807) is 42.7 Å². The van der Waals surface area contributed by atoms with Crippen LogP contribution in [0.4, 0.5) is 11.4 Å². The molecule has 0 saturated heterocycles. The Morgan fingerprint density at radius 1 is 0.926 bits per heavy atom. The Kier molecular flexibility index (Phi) is 6.48. The van der Waals surface area contributed by atoms with Crippen LogP contribution in [0.3, 0.4) is 0 Å². The maximum absolute atomic E-state index is 12.1. The number of halogens is 1. The monoisotopic (exact) mass is 475 g/mol. The van der Waals surface area contributed by atoms with Gasteiger partial charge in [0.2, 0.25) is 5.91 Å². The van der Waals surface area contributed by atoms with Crippen molar-refractivity contribution in [1.29, 1.82) is 0 Å². The summed E-state index contributed by atoms with van der Waals surface area (Å²) in [5.74, 6) is 0.320. The number of carbonyl (C=O) groups is 2. The van der Waals surface area contributed by atoms with Gasteiger partial charge in [-0.05, 0) is 83.3 Å². The third-order valence-corrected chi connectivity index (χ3v) is 4.45. The van der Waals surface area contributed by atoms with Crippen LogP contribution in [0.1, 0.15) is 16.1 Å². The van der Waals surface area contributed by atoms with Gasteiger partial charge in [-0.3, -0.25) is 9.59 Å². The van der Waals surface area contributed by atoms with Crippen LogP contribution in [0.25, 0.3) is 0 Å². The van der Waals surface area contributed by atoms with Crippen LogP contribution in [0.15, 0.2) is 71.3 Å². The van der Waals surface area contributed by atoms with Gasteiger partial charge < -0.3 is 20.4 Å². The molecular weight excluding hydrogens is 457 g/mol. The smallest absolute Gasteiger partial charge is 0.251 e. The molecule has 2 amide bonds. The molecule has 3 rings (SSSR count). The van der Waals surface area contributed by atoms with E-state index in [2.05, 4.69) is 38.5 Å². The van der Waals surface area contributed by atoms with E-state index < -0.39 is 0 Å². The van der Waals surface area contributed by atoms with Gasteiger partial charge in [0.15, 0.2) is 0 Å². The number of furan rings is 1. The van der Waals surface area contributed by atoms with Gasteiger partial charge >= 0.3 is 0 Å². The molecule has 0 aliphatic rings. The minimum absolute atomic E-state index is 0.159. The lowest BCUT2D eigenvalue weighted by molar-refractivity contribution is -0.114. The van der Waals surface area contributed by atoms with E-state index in [1.165, 1.54) is 0 Å². The Balaban J connectivity index is 1.47. The molecule has 3 N–H and O–H groups in total. The highest BCUT2D eigenvalue weighted by atomic mass is 127. The SMILES string of the molecule is O=C(CNc1ccc(I)cc1)Nc1ccc(C(=O)NCc2ccco2)cc1. The average Bonchev–Trinajstić information content (AvgIpc) is 3.20. The number of carbonyl (C=O) groups excluding carboxylic acids is 2. The fourth-order valence-electron chi connectivity index (χ4n) is 2.34. The lowest BCUT2D eigenvalue weighted by Crippen LogP contribution is -2.23. The molecule has 27 heavy (non-hydrogen) atoms. The van der Waals surface area contributed by atoms with Crippen molar-refractivity contribution in [3.05, 3.63) is 81.8 Å². The highest BCUT2D eigenvalue weighted by molar-refractivity contribution is 14.1. The van der Waals surface area contributed by atoms with Crippen molar-refractivity contribution in [2.45, 2.75) is 6.54 Å². The zero-order chi connectivity index (χ0) is 19.1. The van der Waals surface area contributed by atoms with Gasteiger partial charge in [0.1, 0.15) is 5.76 Å². The third-order valence-electron chi connectivity index (χ3n) is 3.73. The fourth-order valence-corrected chi connectivity index (χ4v) is 2.70. The lowest BCUT2D eigenvalue weighted by Gasteiger charge is -2.09. The summed E-state index contributed by atoms with van der Waals surface area (Å²) in [5, 5.41) is 8.63. The van der Waals surface area contributed by atoms with Gasteiger partial charge in [-0.1, -0.05) is 0 Å². The van der Waals surface area contributed by atoms with Crippen molar-refractivity contribution in [3.63, 3.8) is 0 Å². The summed E-state index contributed by atoms with van der Waals surface area (Å²) in [5.41, 5.74) is 2.03. The molecule has 7 heteroatoms. The fraction of sp³-hybridized carbons (Fsp3) is 0.100. The van der Waals surface area contributed by atoms with E-state index in [1.807, 2.05) is 24.3 Å². The summed E-state index contributed by atoms with van der Waals surface area (Å²) in [7, 11) is 0. The summed E-state index contributed by atoms with van der Waals surface area (Å²) in [6.45, 7) is 0.487. The van der Waals surface area contributed by atoms with E-state index >= 15 is 0 Å². The van der Waals surface area contributed by atoms with Crippen molar-refractivity contribution < 1.29 is 14.0 Å². The Morgan fingerprint density at radius 3 is 2.30 bits per heavy atom. The number of hydrogen-bond donors (Lipinski definition) is 3. The molecule has 1 heterocycles. The molecule has 0 aliphatic carbocycles. The Labute approximate surface area is 170 Å². The number of hydrogen-bond acceptors (Lipinski definition) is 4. The van der Waals surface area contributed by atoms with Crippen molar-refractivity contribution in [1.82, 2.24) is 5.32 Å². The Bertz CT molecular complexity index is 891. The second-order valence-corrected chi connectivity index (χ2v) is 6.99. The first-order valence-corrected chi connectivity index (χ1v) is 9.38. The highest BCUT2D eigenvalue weighted by Gasteiger charge is 2.07. The number of rotatable bonds is 7. The molecule has 2 aromatic carbocycles. The summed E-state index contributed by atoms with van der Waals surface area (Å²) >= 11 is 2.23. The van der Waals surface area contributed by atoms with Crippen LogP contribution in [0, 0.1) is 3.57 Å². The molecular formula is C20H18IN3O3. The van der Waals surface area contributed by atoms with E-state index in [4.69, 9.17) is 4.42 Å². The number of benzene rings is 2. The van der Waals surface area contributed by atoms with Crippen molar-refractivity contribution in [2.24, 2.45) is 0 Å². The van der Waals surface area contributed by atoms with Crippen molar-refractivity contribution >= 4 is 45.8 Å². The second kappa shape index (κ2) is 9.22. The van der Waals surface area contributed by atoms with Gasteiger partial charge in [0.05, 0.1) is 19.4 Å². The summed E-state index contributed by atoms with van der Waals surface area (Å²) in [6, 6.07) is 18.1. The van der Waals surface area contributed by atoms with Crippen molar-refractivity contribution in [3.8, 4) is 0 Å². The first kappa shape index (κ1) is 19.0. The largest absolute Gasteiger partial charge is 0.467 e. The maximum atomic E-state index is 12.1. The molecule has 0 bridgehead atoms. The predicted octanol–water partition coefficient (Wildman–Crippen LogP) is 3.86. The first-order valence-electron chi connectivity index (χ1n) is 8.30. The number of nitrogens with one attached hydrogen (secondary N) is 3. The van der Waals surface area contributed by atoms with E-state index in [-0.39, 0.29) is 18.4 Å². The zero-order valence-corrected chi connectivity index (χ0v) is 16.5. The van der Waals surface area contributed by atoms with Crippen LogP contribution in [0.5, 0.6) is 0 Å². The molecule has 0 unspecified atom stereocenters. The molecule has 1 aromatic heterocycles. The van der Waals surface area contributed by atoms with E-state index in [0.29, 0.717) is 23.6 Å². The third kappa shape index (κ3) is 5.85. The average molecular weight is 475 g/mol. The normalized spacial score (nSPS) is 10.3. The predicted molar refractivity (Wildman–Crippen MR) is 113 cm³/mol. The molecule has 138 valence electrons. The molecule has 3 aromatic rings. The second-order valence-electron chi connectivity index (χ2n) is 5.75. The van der Waals surface area contributed by atoms with Gasteiger partial charge in [0, 0.05) is 20.5 Å². The van der Waals surface area contributed by atoms with Crippen LogP contribution in [-0.4, -0.2) is 18.4 Å². The van der Waals surface area contributed by atoms with Crippen LogP contribution in [-0.2, 0) is 11.3 Å². The molecule has 0 saturated carbocycles. The lowest BCUT2D eigenvalue weighted by atomic mass is 10.2. The minimum atomic E-state index is -0.204. The summed E-state index contributed by atoms with van der Waals surface area (Å²) in [6.07, 6.45) is 1.56. The minimum Gasteiger partial charge on any atom is -0.467 e. The van der Waals surface area contributed by atoms with Crippen LogP contribution in [0.2, 0.25) is 0 Å². The Morgan fingerprint density at radius 2 is 1.63 bits per heavy atom. The highest BCUT2D eigenvalue weighted by Crippen LogP contribution is 2.12. The molecule has 0 atom stereocenters. The number of amides is 2. The van der Waals surface area contributed by atoms with E-state index in [9.17, 15) is 9.59 Å². The molecule has 0 radical (unpaired) electrons. The van der Waals surface area contributed by atoms with Crippen LogP contribution < -0.4 is 16.0 Å². The topological polar surface area (TPSA) is 83.4 Å². The zero-order valence-electron chi connectivity index (χ0n) is 14.4. The quantitative estimate of drug-likeness (QED) is 0.454. The van der Waals surface area contributed by atoms with E-state index in [0.717, 1.165) is 9.26 Å². The summed E-state index contributed by atoms with van der Waals surface area (Å²) < 4.78 is 6.31. The molecule has 6 nitrogen and oxygen atoms in total. The Hall–Kier alpha value is -2.81. The van der Waals surface area contributed by atoms with Gasteiger partial charge in [-0.2, -0.15) is 0 Å². The molecule has 0 aliphatic heterocycles. The molecule has 0 spiro atoms. The van der Waals surface area contributed by atoms with Gasteiger partial charge in [0.25, 0.3) is 5.91 Å².